The summed E-state index contributed by atoms with van der Waals surface area (Å²) in [6, 6.07) is 3.57. The zero-order chi connectivity index (χ0) is 19.7. The Morgan fingerprint density at radius 2 is 2.14 bits per heavy atom. The van der Waals surface area contributed by atoms with Gasteiger partial charge in [0.1, 0.15) is 10.7 Å². The number of phenolic OH excluding ortho intramolecular Hbond substituents is 1. The van der Waals surface area contributed by atoms with E-state index in [2.05, 4.69) is 11.6 Å². The maximum Gasteiger partial charge on any atom is 0.260 e. The monoisotopic (exact) mass is 396 g/mol. The van der Waals surface area contributed by atoms with E-state index in [1.54, 1.807) is 23.5 Å². The summed E-state index contributed by atoms with van der Waals surface area (Å²) >= 11 is 1.64. The topological polar surface area (TPSA) is 75.2 Å². The van der Waals surface area contributed by atoms with Crippen LogP contribution in [-0.4, -0.2) is 21.7 Å². The summed E-state index contributed by atoms with van der Waals surface area (Å²) in [6.45, 7) is 6.05. The van der Waals surface area contributed by atoms with Crippen LogP contribution in [0.15, 0.2) is 29.6 Å². The third-order valence-corrected chi connectivity index (χ3v) is 6.35. The molecule has 28 heavy (non-hydrogen) atoms. The zero-order valence-electron chi connectivity index (χ0n) is 16.0. The van der Waals surface area contributed by atoms with Gasteiger partial charge in [-0.05, 0) is 56.7 Å². The van der Waals surface area contributed by atoms with Crippen molar-refractivity contribution >= 4 is 21.6 Å². The van der Waals surface area contributed by atoms with Crippen LogP contribution >= 0.6 is 11.3 Å². The van der Waals surface area contributed by atoms with Crippen LogP contribution in [0.1, 0.15) is 42.2 Å². The molecule has 0 spiro atoms. The fourth-order valence-corrected chi connectivity index (χ4v) is 5.12. The van der Waals surface area contributed by atoms with Gasteiger partial charge in [-0.3, -0.25) is 4.79 Å². The molecular formula is C22H24N2O3S. The quantitative estimate of drug-likeness (QED) is 0.482. The number of H-pyrrole nitrogens is 1. The smallest absolute Gasteiger partial charge is 0.260 e. The van der Waals surface area contributed by atoms with Gasteiger partial charge in [0.25, 0.3) is 5.56 Å². The molecule has 0 fully saturated rings. The van der Waals surface area contributed by atoms with Crippen LogP contribution in [0.4, 0.5) is 0 Å². The number of rotatable bonds is 5. The summed E-state index contributed by atoms with van der Waals surface area (Å²) in [6.07, 6.45) is 7.72. The van der Waals surface area contributed by atoms with E-state index in [1.807, 2.05) is 13.0 Å². The first-order valence-electron chi connectivity index (χ1n) is 9.76. The zero-order valence-corrected chi connectivity index (χ0v) is 16.8. The van der Waals surface area contributed by atoms with E-state index in [9.17, 15) is 9.90 Å². The molecule has 146 valence electrons. The number of aromatic hydroxyl groups is 1. The van der Waals surface area contributed by atoms with Gasteiger partial charge in [-0.1, -0.05) is 12.5 Å². The molecule has 2 heterocycles. The Hall–Kier alpha value is -2.60. The lowest BCUT2D eigenvalue weighted by molar-refractivity contribution is 0.317. The first kappa shape index (κ1) is 18.7. The Morgan fingerprint density at radius 3 is 2.93 bits per heavy atom. The van der Waals surface area contributed by atoms with Crippen molar-refractivity contribution in [2.75, 3.05) is 6.61 Å². The molecule has 0 unspecified atom stereocenters. The molecule has 2 N–H and O–H groups in total. The van der Waals surface area contributed by atoms with Crippen molar-refractivity contribution in [3.05, 3.63) is 51.1 Å². The Morgan fingerprint density at radius 1 is 1.32 bits per heavy atom. The molecule has 0 radical (unpaired) electrons. The molecule has 3 aromatic rings. The second kappa shape index (κ2) is 7.80. The van der Waals surface area contributed by atoms with Crippen molar-refractivity contribution in [2.24, 2.45) is 0 Å². The molecule has 4 rings (SSSR count). The fourth-order valence-electron chi connectivity index (χ4n) is 3.86. The number of aromatic amines is 1. The molecule has 0 saturated heterocycles. The second-order valence-corrected chi connectivity index (χ2v) is 8.15. The molecule has 0 bridgehead atoms. The van der Waals surface area contributed by atoms with Gasteiger partial charge in [-0.25, -0.2) is 4.98 Å². The number of allylic oxidation sites excluding steroid dienone is 1. The van der Waals surface area contributed by atoms with Crippen LogP contribution in [0.25, 0.3) is 21.6 Å². The SMILES string of the molecule is C=CCc1cc(-c2nc3sc4c(c3c(=O)[nH]2)CCCCC4)cc(OCC)c1O. The number of benzene rings is 1. The highest BCUT2D eigenvalue weighted by atomic mass is 32.1. The van der Waals surface area contributed by atoms with Crippen LogP contribution in [0.3, 0.4) is 0 Å². The van der Waals surface area contributed by atoms with Crippen molar-refractivity contribution < 1.29 is 9.84 Å². The molecule has 0 saturated carbocycles. The van der Waals surface area contributed by atoms with Gasteiger partial charge in [0, 0.05) is 16.0 Å². The highest BCUT2D eigenvalue weighted by molar-refractivity contribution is 7.18. The van der Waals surface area contributed by atoms with Gasteiger partial charge in [0.05, 0.1) is 12.0 Å². The van der Waals surface area contributed by atoms with Crippen molar-refractivity contribution in [3.8, 4) is 22.9 Å². The van der Waals surface area contributed by atoms with Gasteiger partial charge in [0.2, 0.25) is 0 Å². The Labute approximate surface area is 167 Å². The number of hydrogen-bond donors (Lipinski definition) is 2. The van der Waals surface area contributed by atoms with E-state index in [-0.39, 0.29) is 11.3 Å². The molecule has 0 atom stereocenters. The summed E-state index contributed by atoms with van der Waals surface area (Å²) in [5, 5.41) is 11.2. The summed E-state index contributed by atoms with van der Waals surface area (Å²) < 4.78 is 5.58. The largest absolute Gasteiger partial charge is 0.504 e. The number of phenols is 1. The summed E-state index contributed by atoms with van der Waals surface area (Å²) in [5.74, 6) is 0.999. The Bertz CT molecular complexity index is 1100. The average Bonchev–Trinajstić information content (AvgIpc) is 2.87. The number of hydrogen-bond acceptors (Lipinski definition) is 5. The van der Waals surface area contributed by atoms with Gasteiger partial charge >= 0.3 is 0 Å². The molecule has 1 aromatic carbocycles. The molecule has 2 aromatic heterocycles. The lowest BCUT2D eigenvalue weighted by Crippen LogP contribution is -2.10. The molecule has 6 heteroatoms. The van der Waals surface area contributed by atoms with Gasteiger partial charge < -0.3 is 14.8 Å². The van der Waals surface area contributed by atoms with E-state index < -0.39 is 0 Å². The number of nitrogens with zero attached hydrogens (tertiary/aromatic N) is 1. The highest BCUT2D eigenvalue weighted by Gasteiger charge is 2.20. The highest BCUT2D eigenvalue weighted by Crippen LogP contribution is 2.37. The minimum Gasteiger partial charge on any atom is -0.504 e. The van der Waals surface area contributed by atoms with E-state index in [1.165, 1.54) is 23.3 Å². The molecule has 1 aliphatic rings. The number of nitrogens with one attached hydrogen (secondary N) is 1. The van der Waals surface area contributed by atoms with Crippen molar-refractivity contribution in [2.45, 2.75) is 45.4 Å². The maximum absolute atomic E-state index is 12.9. The number of aromatic nitrogens is 2. The van der Waals surface area contributed by atoms with E-state index in [0.717, 1.165) is 35.0 Å². The standard InChI is InChI=1S/C22H24N2O3S/c1-3-8-13-11-14(12-16(19(13)25)27-4-2)20-23-21(26)18-15-9-6-5-7-10-17(15)28-22(18)24-20/h3,11-12,25H,1,4-10H2,2H3,(H,23,24,26). The number of aryl methyl sites for hydroxylation is 2. The number of fused-ring (bicyclic) bond motifs is 3. The summed E-state index contributed by atoms with van der Waals surface area (Å²) in [7, 11) is 0. The van der Waals surface area contributed by atoms with Crippen molar-refractivity contribution in [1.82, 2.24) is 9.97 Å². The third kappa shape index (κ3) is 3.33. The summed E-state index contributed by atoms with van der Waals surface area (Å²) in [5.41, 5.74) is 2.52. The summed E-state index contributed by atoms with van der Waals surface area (Å²) in [4.78, 5) is 22.7. The van der Waals surface area contributed by atoms with Crippen LogP contribution in [-0.2, 0) is 19.3 Å². The lowest BCUT2D eigenvalue weighted by atomic mass is 10.0. The Balaban J connectivity index is 1.87. The predicted octanol–water partition coefficient (Wildman–Crippen LogP) is 4.75. The molecular weight excluding hydrogens is 372 g/mol. The first-order chi connectivity index (χ1) is 13.6. The van der Waals surface area contributed by atoms with E-state index >= 15 is 0 Å². The van der Waals surface area contributed by atoms with Crippen molar-refractivity contribution in [1.29, 1.82) is 0 Å². The molecule has 1 aliphatic carbocycles. The normalized spacial score (nSPS) is 13.9. The maximum atomic E-state index is 12.9. The molecule has 0 aliphatic heterocycles. The van der Waals surface area contributed by atoms with Gasteiger partial charge in [-0.2, -0.15) is 0 Å². The fraction of sp³-hybridized carbons (Fsp3) is 0.364. The minimum atomic E-state index is -0.0873. The third-order valence-electron chi connectivity index (χ3n) is 5.17. The molecule has 0 amide bonds. The van der Waals surface area contributed by atoms with Crippen LogP contribution in [0.5, 0.6) is 11.5 Å². The van der Waals surface area contributed by atoms with Gasteiger partial charge in [0.15, 0.2) is 11.5 Å². The predicted molar refractivity (Wildman–Crippen MR) is 114 cm³/mol. The van der Waals surface area contributed by atoms with E-state index in [4.69, 9.17) is 9.72 Å². The number of thiophene rings is 1. The lowest BCUT2D eigenvalue weighted by Gasteiger charge is -2.12. The average molecular weight is 397 g/mol. The molecule has 5 nitrogen and oxygen atoms in total. The van der Waals surface area contributed by atoms with Gasteiger partial charge in [-0.15, -0.1) is 17.9 Å². The van der Waals surface area contributed by atoms with Crippen molar-refractivity contribution in [3.63, 3.8) is 0 Å². The van der Waals surface area contributed by atoms with Crippen LogP contribution in [0, 0.1) is 0 Å². The first-order valence-corrected chi connectivity index (χ1v) is 10.6. The number of ether oxygens (including phenoxy) is 1. The van der Waals surface area contributed by atoms with E-state index in [0.29, 0.717) is 30.2 Å². The minimum absolute atomic E-state index is 0.0873. The second-order valence-electron chi connectivity index (χ2n) is 7.07. The Kier molecular flexibility index (Phi) is 5.22. The van der Waals surface area contributed by atoms with Crippen LogP contribution < -0.4 is 10.3 Å². The van der Waals surface area contributed by atoms with Crippen LogP contribution in [0.2, 0.25) is 0 Å².